The number of aromatic nitrogens is 2. The van der Waals surface area contributed by atoms with Crippen LogP contribution < -0.4 is 65.1 Å². The third-order valence-corrected chi connectivity index (χ3v) is 23.2. The van der Waals surface area contributed by atoms with E-state index in [9.17, 15) is 53.4 Å². The van der Waals surface area contributed by atoms with Gasteiger partial charge in [0.15, 0.2) is 0 Å². The van der Waals surface area contributed by atoms with Crippen molar-refractivity contribution in [2.75, 3.05) is 67.5 Å². The topological polar surface area (TPSA) is 551 Å². The predicted molar refractivity (Wildman–Crippen MR) is 463 cm³/mol. The van der Waals surface area contributed by atoms with E-state index in [-0.39, 0.29) is 101 Å². The van der Waals surface area contributed by atoms with Crippen LogP contribution in [0.3, 0.4) is 0 Å². The van der Waals surface area contributed by atoms with E-state index in [0.717, 1.165) is 19.6 Å². The number of amides is 16. The predicted octanol–water partition coefficient (Wildman–Crippen LogP) is -1.04. The molecule has 38 heteroatoms. The number of H-pyrrole nitrogens is 2. The molecule has 0 unspecified atom stereocenters. The van der Waals surface area contributed by atoms with Crippen LogP contribution in [0, 0.1) is 11.8 Å². The lowest BCUT2D eigenvalue weighted by Crippen LogP contribution is -2.61. The molecule has 5 aromatic rings. The third-order valence-electron chi connectivity index (χ3n) is 23.2. The van der Waals surface area contributed by atoms with Crippen LogP contribution in [-0.2, 0) is 96.0 Å². The number of carbonyl (C=O) groups is 16. The van der Waals surface area contributed by atoms with Gasteiger partial charge in [-0.05, 0) is 111 Å². The van der Waals surface area contributed by atoms with E-state index in [2.05, 4.69) is 57.8 Å². The largest absolute Gasteiger partial charge is 0.508 e. The molecule has 0 aliphatic carbocycles. The van der Waals surface area contributed by atoms with Gasteiger partial charge < -0.3 is 115 Å². The minimum absolute atomic E-state index is 0.00880. The van der Waals surface area contributed by atoms with Crippen LogP contribution in [0.15, 0.2) is 85.2 Å². The van der Waals surface area contributed by atoms with Crippen molar-refractivity contribution >= 4 is 116 Å². The Kier molecular flexibility index (Phi) is 36.3. The average Bonchev–Trinajstić information content (AvgIpc) is 1.80. The molecule has 3 saturated heterocycles. The first kappa shape index (κ1) is 98.4. The number of primary amides is 1. The van der Waals surface area contributed by atoms with E-state index in [1.54, 1.807) is 56.6 Å². The first-order valence-electron chi connectivity index (χ1n) is 43.0. The average molecular weight is 1740 g/mol. The van der Waals surface area contributed by atoms with Crippen molar-refractivity contribution in [1.29, 1.82) is 0 Å². The molecular weight excluding hydrogens is 1610 g/mol. The highest BCUT2D eigenvalue weighted by Gasteiger charge is 2.46. The summed E-state index contributed by atoms with van der Waals surface area (Å²) in [5.74, 6) is -14.6. The Balaban J connectivity index is 1.16. The molecule has 16 amide bonds. The van der Waals surface area contributed by atoms with Crippen LogP contribution in [0.5, 0.6) is 5.75 Å². The Labute approximate surface area is 727 Å². The lowest BCUT2D eigenvalue weighted by Gasteiger charge is -2.36. The van der Waals surface area contributed by atoms with Crippen LogP contribution in [0.2, 0.25) is 0 Å². The zero-order valence-corrected chi connectivity index (χ0v) is 73.2. The molecule has 0 radical (unpaired) electrons. The number of carbonyl (C=O) groups excluding carboxylic acids is 16. The maximum absolute atomic E-state index is 15.7. The minimum atomic E-state index is -1.74. The number of unbranched alkanes of at least 4 members (excludes halogenated alkanes) is 2. The molecular formula is C87H126N20O18. The molecule has 682 valence electrons. The van der Waals surface area contributed by atoms with Gasteiger partial charge in [0, 0.05) is 108 Å². The van der Waals surface area contributed by atoms with E-state index >= 15 is 33.6 Å². The number of aliphatic hydroxyl groups excluding tert-OH is 1. The summed E-state index contributed by atoms with van der Waals surface area (Å²) in [7, 11) is 5.38. The zero-order valence-electron chi connectivity index (χ0n) is 73.2. The van der Waals surface area contributed by atoms with Crippen molar-refractivity contribution in [3.63, 3.8) is 0 Å². The fourth-order valence-corrected chi connectivity index (χ4v) is 16.1. The molecule has 14 atom stereocenters. The summed E-state index contributed by atoms with van der Waals surface area (Å²) in [5.41, 5.74) is 21.0. The summed E-state index contributed by atoms with van der Waals surface area (Å²) in [6.45, 7) is 9.51. The lowest BCUT2D eigenvalue weighted by molar-refractivity contribution is -0.149. The fraction of sp³-hybridized carbons (Fsp3) is 0.563. The second-order valence-corrected chi connectivity index (χ2v) is 33.7. The molecule has 3 aliphatic rings. The number of nitrogens with one attached hydrogen (secondary N) is 11. The molecule has 3 aromatic carbocycles. The number of hydrogen-bond acceptors (Lipinski definition) is 20. The molecule has 2 aromatic heterocycles. The smallest absolute Gasteiger partial charge is 0.246 e. The van der Waals surface area contributed by atoms with Crippen LogP contribution in [0.1, 0.15) is 149 Å². The van der Waals surface area contributed by atoms with Gasteiger partial charge in [-0.1, -0.05) is 116 Å². The number of aliphatic hydroxyl groups is 1. The molecule has 19 N–H and O–H groups in total. The third kappa shape index (κ3) is 26.5. The SMILES string of the molecule is CCCC[C@H]1C(=O)N(C)[C@@H](CCCC)C(=O)N[C@@H](CC(C)C)C(=O)N(C)CC(=O)NCC(=O)N[C@@H](Cc2ccc(O)cc2)C(=O)N(C)[C@@H](C)C(=O)N[C@@H](CC(N)=O)C(=O)N2CCC[C@H]2C(=O)N[C@@H](CN)C(=O)N[C@@H](CC(C)C)C(=O)N2C[C@H](O)C[C@H]2C(=O)N[C@@H](Cc2c[nH]c3ccccc23)C(=O)N[C@@H](CCN)C(=O)N[C@@H](Cc2c[nH]c3ccccc23)C(=O)N1C. The Morgan fingerprint density at radius 3 is 1.57 bits per heavy atom. The summed E-state index contributed by atoms with van der Waals surface area (Å²) in [5, 5.41) is 47.0. The number of phenolic OH excluding ortho intramolecular Hbond substituents is 1. The number of aromatic hydroxyl groups is 1. The van der Waals surface area contributed by atoms with Crippen LogP contribution >= 0.6 is 0 Å². The number of rotatable bonds is 21. The van der Waals surface area contributed by atoms with Gasteiger partial charge in [0.2, 0.25) is 94.5 Å². The summed E-state index contributed by atoms with van der Waals surface area (Å²) in [6, 6.07) is 1.13. The van der Waals surface area contributed by atoms with E-state index in [1.165, 1.54) is 69.2 Å². The Morgan fingerprint density at radius 1 is 0.496 bits per heavy atom. The van der Waals surface area contributed by atoms with Gasteiger partial charge in [0.25, 0.3) is 0 Å². The Morgan fingerprint density at radius 2 is 0.984 bits per heavy atom. The number of nitrogens with two attached hydrogens (primary N) is 3. The second kappa shape index (κ2) is 46.1. The highest BCUT2D eigenvalue weighted by Crippen LogP contribution is 2.28. The highest BCUT2D eigenvalue weighted by atomic mass is 16.3. The molecule has 3 fully saturated rings. The number of benzene rings is 3. The maximum atomic E-state index is 15.7. The first-order chi connectivity index (χ1) is 59.4. The van der Waals surface area contributed by atoms with Gasteiger partial charge in [-0.25, -0.2) is 0 Å². The van der Waals surface area contributed by atoms with E-state index in [0.29, 0.717) is 64.2 Å². The number of fused-ring (bicyclic) bond motifs is 4. The van der Waals surface area contributed by atoms with E-state index in [4.69, 9.17) is 17.2 Å². The zero-order chi connectivity index (χ0) is 91.8. The van der Waals surface area contributed by atoms with Crippen molar-refractivity contribution in [3.8, 4) is 5.75 Å². The normalized spacial score (nSPS) is 25.5. The van der Waals surface area contributed by atoms with Crippen molar-refractivity contribution in [1.82, 2.24) is 87.2 Å². The molecule has 8 rings (SSSR count). The molecule has 0 spiro atoms. The summed E-state index contributed by atoms with van der Waals surface area (Å²) < 4.78 is 0. The quantitative estimate of drug-likeness (QED) is 0.0417. The number of para-hydroxylation sites is 2. The number of nitrogens with zero attached hydrogens (tertiary/aromatic N) is 6. The van der Waals surface area contributed by atoms with Crippen LogP contribution in [-0.4, -0.2) is 296 Å². The maximum Gasteiger partial charge on any atom is 0.246 e. The first-order valence-corrected chi connectivity index (χ1v) is 43.0. The number of likely N-dealkylation sites (N-methyl/N-ethyl adjacent to an activating group) is 4. The van der Waals surface area contributed by atoms with Crippen molar-refractivity contribution in [3.05, 3.63) is 102 Å². The highest BCUT2D eigenvalue weighted by molar-refractivity contribution is 6.02. The van der Waals surface area contributed by atoms with Crippen molar-refractivity contribution in [2.45, 2.75) is 236 Å². The second-order valence-electron chi connectivity index (χ2n) is 33.7. The van der Waals surface area contributed by atoms with Gasteiger partial charge in [-0.3, -0.25) is 76.7 Å². The summed E-state index contributed by atoms with van der Waals surface area (Å²) >= 11 is 0. The Bertz CT molecular complexity index is 4670. The molecule has 0 saturated carbocycles. The van der Waals surface area contributed by atoms with Crippen LogP contribution in [0.4, 0.5) is 0 Å². The van der Waals surface area contributed by atoms with Gasteiger partial charge >= 0.3 is 0 Å². The summed E-state index contributed by atoms with van der Waals surface area (Å²) in [4.78, 5) is 248. The molecule has 3 aliphatic heterocycles. The monoisotopic (exact) mass is 1740 g/mol. The molecule has 38 nitrogen and oxygen atoms in total. The Hall–Kier alpha value is -12.1. The molecule has 125 heavy (non-hydrogen) atoms. The van der Waals surface area contributed by atoms with Gasteiger partial charge in [-0.2, -0.15) is 0 Å². The van der Waals surface area contributed by atoms with Crippen molar-refractivity contribution < 1.29 is 86.9 Å². The van der Waals surface area contributed by atoms with Gasteiger partial charge in [-0.15, -0.1) is 0 Å². The number of hydrogen-bond donors (Lipinski definition) is 16. The van der Waals surface area contributed by atoms with Gasteiger partial charge in [0.1, 0.15) is 84.3 Å². The lowest BCUT2D eigenvalue weighted by atomic mass is 9.99. The number of phenols is 1. The minimum Gasteiger partial charge on any atom is -0.508 e. The van der Waals surface area contributed by atoms with Gasteiger partial charge in [0.05, 0.1) is 25.6 Å². The number of aromatic amines is 2. The van der Waals surface area contributed by atoms with Crippen molar-refractivity contribution in [2.24, 2.45) is 29.0 Å². The van der Waals surface area contributed by atoms with E-state index < -0.39 is 212 Å². The van der Waals surface area contributed by atoms with Crippen LogP contribution in [0.25, 0.3) is 21.8 Å². The van der Waals surface area contributed by atoms with E-state index in [1.807, 2.05) is 45.9 Å². The molecule has 5 heterocycles. The summed E-state index contributed by atoms with van der Waals surface area (Å²) in [6.07, 6.45) is 2.33. The standard InChI is InChI=1S/C87H126N20O18/c1-12-14-25-68-79(117)100-62(35-48(3)4)82(120)102(8)47-74(112)93-45-73(111)94-64(37-51-28-30-54(108)31-29-51)83(121)103(9)50(7)75(113)97-66(41-72(90)110)85(123)106-34-20-27-69(106)80(118)101-67(42-89)78(116)98-63(36-49(5)6)86(124)107-46-55(109)40-71(107)81(119)96-61(38-52-43-91-58-23-18-16-21-56(52)58)77(115)95-60(32-33-88)76(114)99-65(39-53-44-92-59-24-19-17-22-57(53)59)84(122)105(11)70(26-15-13-2)87(125)104(68)10/h16-19,21-24,28-31,43-44,48-50,55,60-71,91-92,108-109H,12-15,20,25-27,32-42,45-47,88-89H2,1-11H3,(H2,90,110)(H,93,112)(H,94,111)(H,95,115)(H,96,119)(H,97,113)(H,98,116)(H,99,114)(H,100,117)(H,101,118)/t50-,55+,60-,61-,62-,63-,64-,65-,66-,67-,68-,69-,70-,71-/m0/s1. The fourth-order valence-electron chi connectivity index (χ4n) is 16.1. The molecule has 0 bridgehead atoms.